The predicted molar refractivity (Wildman–Crippen MR) is 217 cm³/mol. The summed E-state index contributed by atoms with van der Waals surface area (Å²) in [7, 11) is 0. The smallest absolute Gasteiger partial charge is 0.123 e. The predicted octanol–water partition coefficient (Wildman–Crippen LogP) is 12.1. The second-order valence-corrected chi connectivity index (χ2v) is 20.6. The molecule has 0 aromatic heterocycles. The molecule has 8 aliphatic carbocycles. The number of allylic oxidation sites excluding steroid dienone is 5. The fourth-order valence-corrected chi connectivity index (χ4v) is 15.6. The molecule has 3 heteroatoms. The first-order chi connectivity index (χ1) is 24.7. The lowest BCUT2D eigenvalue weighted by Crippen LogP contribution is -2.50. The standard InChI is InChI=1S/C24H38O.C22H34O2.C3H6/c1-5-6-16(2)20-9-10-21-19-8-7-17-15-18(25)11-13-23(17,3)22(19)12-14-24(20,21)4;1-14(13-23)18-6-7-19-17-5-4-15-12-16(24)8-10-21(15,2)20(17)9-11-22(18,19)3;1-3-2/h5-7,16,18-22,25H,8-15H2,1-4H3;4,13-14,16-20,24H,5-12H2,1-3H3;3H,1H2,2H3/b6-5+;;/t16-,18+,19?,20-,21?,22?,23+,24-;14-,16?,17?,18-,19?,20?,21+,22-;/m11./s1. The lowest BCUT2D eigenvalue weighted by Gasteiger charge is -2.58. The van der Waals surface area contributed by atoms with E-state index < -0.39 is 0 Å². The molecule has 3 nitrogen and oxygen atoms in total. The minimum atomic E-state index is -0.112. The molecule has 7 unspecified atom stereocenters. The number of aliphatic hydroxyl groups is 2. The molecular formula is C49H78O3. The van der Waals surface area contributed by atoms with Crippen molar-refractivity contribution in [3.8, 4) is 0 Å². The van der Waals surface area contributed by atoms with E-state index in [1.165, 1.54) is 83.3 Å². The van der Waals surface area contributed by atoms with Gasteiger partial charge in [-0.1, -0.05) is 83.1 Å². The molecule has 16 atom stereocenters. The molecule has 2 N–H and O–H groups in total. The van der Waals surface area contributed by atoms with Crippen LogP contribution in [-0.4, -0.2) is 28.7 Å². The summed E-state index contributed by atoms with van der Waals surface area (Å²) < 4.78 is 0. The van der Waals surface area contributed by atoms with Gasteiger partial charge in [0.15, 0.2) is 0 Å². The highest BCUT2D eigenvalue weighted by Gasteiger charge is 2.60. The number of carbonyl (C=O) groups is 1. The summed E-state index contributed by atoms with van der Waals surface area (Å²) in [6, 6.07) is 0. The Labute approximate surface area is 319 Å². The molecule has 8 aliphatic rings. The average molecular weight is 715 g/mol. The van der Waals surface area contributed by atoms with Gasteiger partial charge in [-0.3, -0.25) is 0 Å². The van der Waals surface area contributed by atoms with Crippen LogP contribution in [0.4, 0.5) is 0 Å². The van der Waals surface area contributed by atoms with E-state index in [-0.39, 0.29) is 18.1 Å². The molecule has 52 heavy (non-hydrogen) atoms. The number of aldehydes is 1. The van der Waals surface area contributed by atoms with Crippen LogP contribution in [0.2, 0.25) is 0 Å². The number of fused-ring (bicyclic) bond motifs is 10. The number of carbonyl (C=O) groups excluding carboxylic acids is 1. The number of rotatable bonds is 4. The molecule has 0 saturated heterocycles. The third-order valence-electron chi connectivity index (χ3n) is 18.3. The Morgan fingerprint density at radius 1 is 0.654 bits per heavy atom. The van der Waals surface area contributed by atoms with Crippen molar-refractivity contribution < 1.29 is 15.0 Å². The van der Waals surface area contributed by atoms with Crippen molar-refractivity contribution in [1.82, 2.24) is 0 Å². The normalized spacial score (nSPS) is 48.6. The maximum Gasteiger partial charge on any atom is 0.123 e. The van der Waals surface area contributed by atoms with E-state index >= 15 is 0 Å². The zero-order valence-electron chi connectivity index (χ0n) is 34.7. The first-order valence-corrected chi connectivity index (χ1v) is 22.1. The fourth-order valence-electron chi connectivity index (χ4n) is 15.6. The Morgan fingerprint density at radius 3 is 1.48 bits per heavy atom. The zero-order valence-corrected chi connectivity index (χ0v) is 34.7. The largest absolute Gasteiger partial charge is 0.393 e. The molecule has 0 bridgehead atoms. The van der Waals surface area contributed by atoms with E-state index in [0.717, 1.165) is 73.0 Å². The van der Waals surface area contributed by atoms with E-state index in [1.54, 1.807) is 17.2 Å². The highest BCUT2D eigenvalue weighted by atomic mass is 16.3. The Balaban J connectivity index is 0.000000166. The monoisotopic (exact) mass is 715 g/mol. The van der Waals surface area contributed by atoms with Crippen molar-refractivity contribution in [2.75, 3.05) is 0 Å². The summed E-state index contributed by atoms with van der Waals surface area (Å²) in [5.74, 6) is 7.49. The molecule has 0 aromatic carbocycles. The van der Waals surface area contributed by atoms with E-state index in [0.29, 0.717) is 27.6 Å². The fraction of sp³-hybridized carbons (Fsp3) is 0.816. The van der Waals surface area contributed by atoms with Gasteiger partial charge in [-0.2, -0.15) is 0 Å². The number of hydrogen-bond acceptors (Lipinski definition) is 3. The first kappa shape index (κ1) is 40.2. The molecule has 0 spiro atoms. The van der Waals surface area contributed by atoms with Crippen molar-refractivity contribution in [2.45, 2.75) is 170 Å². The highest BCUT2D eigenvalue weighted by molar-refractivity contribution is 5.53. The molecule has 6 fully saturated rings. The molecule has 0 aromatic rings. The van der Waals surface area contributed by atoms with Crippen molar-refractivity contribution in [3.05, 3.63) is 48.1 Å². The molecule has 292 valence electrons. The quantitative estimate of drug-likeness (QED) is 0.225. The van der Waals surface area contributed by atoms with E-state index in [2.05, 4.69) is 79.3 Å². The Bertz CT molecular complexity index is 1370. The van der Waals surface area contributed by atoms with Gasteiger partial charge in [-0.15, -0.1) is 6.58 Å². The summed E-state index contributed by atoms with van der Waals surface area (Å²) in [4.78, 5) is 11.4. The lowest BCUT2D eigenvalue weighted by atomic mass is 9.47. The van der Waals surface area contributed by atoms with E-state index in [1.807, 2.05) is 6.92 Å². The zero-order chi connectivity index (χ0) is 37.6. The van der Waals surface area contributed by atoms with Crippen molar-refractivity contribution in [1.29, 1.82) is 0 Å². The molecule has 0 radical (unpaired) electrons. The van der Waals surface area contributed by atoms with Crippen molar-refractivity contribution in [2.24, 2.45) is 80.8 Å². The van der Waals surface area contributed by atoms with Gasteiger partial charge in [-0.25, -0.2) is 0 Å². The second-order valence-electron chi connectivity index (χ2n) is 20.6. The topological polar surface area (TPSA) is 57.5 Å². The SMILES string of the molecule is C/C=C/[C@@H](C)[C@H]1CCC2C3CC=C4C[C@@H](O)CC[C@]4(C)C3CC[C@@]21C.C=CC.C[C@H](C=O)[C@H]1CCC2C3CC=C4CC(O)CC[C@]4(C)C3CC[C@@]21C. The van der Waals surface area contributed by atoms with Crippen molar-refractivity contribution >= 4 is 6.29 Å². The van der Waals surface area contributed by atoms with Gasteiger partial charge in [-0.05, 0) is 192 Å². The van der Waals surface area contributed by atoms with Crippen LogP contribution < -0.4 is 0 Å². The molecule has 6 saturated carbocycles. The number of hydrogen-bond donors (Lipinski definition) is 2. The lowest BCUT2D eigenvalue weighted by molar-refractivity contribution is -0.115. The maximum absolute atomic E-state index is 11.4. The van der Waals surface area contributed by atoms with Crippen LogP contribution in [0.3, 0.4) is 0 Å². The second kappa shape index (κ2) is 15.6. The minimum Gasteiger partial charge on any atom is -0.393 e. The highest BCUT2D eigenvalue weighted by Crippen LogP contribution is 2.68. The van der Waals surface area contributed by atoms with Gasteiger partial charge in [0.05, 0.1) is 12.2 Å². The summed E-state index contributed by atoms with van der Waals surface area (Å²) in [6.45, 7) is 22.2. The number of aliphatic hydroxyl groups excluding tert-OH is 2. The molecular weight excluding hydrogens is 637 g/mol. The van der Waals surface area contributed by atoms with Gasteiger partial charge in [0.25, 0.3) is 0 Å². The summed E-state index contributed by atoms with van der Waals surface area (Å²) >= 11 is 0. The molecule has 8 rings (SSSR count). The van der Waals surface area contributed by atoms with E-state index in [4.69, 9.17) is 0 Å². The first-order valence-electron chi connectivity index (χ1n) is 22.1. The van der Waals surface area contributed by atoms with Crippen LogP contribution in [-0.2, 0) is 4.79 Å². The van der Waals surface area contributed by atoms with Gasteiger partial charge in [0.2, 0.25) is 0 Å². The van der Waals surface area contributed by atoms with Gasteiger partial charge in [0.1, 0.15) is 6.29 Å². The van der Waals surface area contributed by atoms with Crippen LogP contribution in [0.1, 0.15) is 158 Å². The van der Waals surface area contributed by atoms with Gasteiger partial charge in [0, 0.05) is 5.92 Å². The van der Waals surface area contributed by atoms with Crippen LogP contribution in [0, 0.1) is 80.8 Å². The third kappa shape index (κ3) is 6.75. The summed E-state index contributed by atoms with van der Waals surface area (Å²) in [6.07, 6.45) is 32.2. The van der Waals surface area contributed by atoms with E-state index in [9.17, 15) is 15.0 Å². The maximum atomic E-state index is 11.4. The summed E-state index contributed by atoms with van der Waals surface area (Å²) in [5, 5.41) is 20.2. The minimum absolute atomic E-state index is 0.0812. The molecule has 0 aliphatic heterocycles. The summed E-state index contributed by atoms with van der Waals surface area (Å²) in [5.41, 5.74) is 4.80. The third-order valence-corrected chi connectivity index (χ3v) is 18.3. The molecule has 0 amide bonds. The Hall–Kier alpha value is -1.45. The van der Waals surface area contributed by atoms with Crippen LogP contribution in [0.5, 0.6) is 0 Å². The van der Waals surface area contributed by atoms with Crippen LogP contribution in [0.25, 0.3) is 0 Å². The van der Waals surface area contributed by atoms with Crippen molar-refractivity contribution in [3.63, 3.8) is 0 Å². The Kier molecular flexibility index (Phi) is 12.1. The van der Waals surface area contributed by atoms with Gasteiger partial charge < -0.3 is 15.0 Å². The van der Waals surface area contributed by atoms with Crippen LogP contribution in [0.15, 0.2) is 48.1 Å². The molecule has 0 heterocycles. The Morgan fingerprint density at radius 2 is 1.08 bits per heavy atom. The average Bonchev–Trinajstić information content (AvgIpc) is 3.66. The van der Waals surface area contributed by atoms with Crippen LogP contribution >= 0.6 is 0 Å². The van der Waals surface area contributed by atoms with Gasteiger partial charge >= 0.3 is 0 Å².